The molecule has 0 atom stereocenters. The van der Waals surface area contributed by atoms with E-state index in [0.29, 0.717) is 22.2 Å². The fourth-order valence-corrected chi connectivity index (χ4v) is 7.81. The highest BCUT2D eigenvalue weighted by Gasteiger charge is 2.33. The van der Waals surface area contributed by atoms with Gasteiger partial charge in [0.1, 0.15) is 11.5 Å². The molecule has 0 aliphatic rings. The first-order chi connectivity index (χ1) is 38.6. The second-order valence-corrected chi connectivity index (χ2v) is 19.2. The van der Waals surface area contributed by atoms with E-state index in [-0.39, 0.29) is 88.9 Å². The number of ketones is 2. The third kappa shape index (κ3) is 15.8. The Labute approximate surface area is 485 Å². The summed E-state index contributed by atoms with van der Waals surface area (Å²) in [6.07, 6.45) is -9.56. The number of rotatable bonds is 18. The standard InChI is InChI=1S/C55H37Cl5F6N8O8/c1-26-20-41(68-53(80)49(28(3)76)74-72-43-22-30(5-17-38(43)59)51(78)70-45-24-32(55(64,65)66)7-19-47(45)82-36-14-10-34(57)11-15-36)39(60)25-40(26)67-52(79)48(27(2)75)73-71-42-21-29(4-16-37(42)58)50(77)69-44-23-31(54(61,62)63)6-18-46(44)81-35-12-8-33(56)9-13-35/h4-25,71-72H,1-3H3,(H,67,79)(H,68,80)(H,69,77)(H,70,78)/b73-48+,74-49+. The molecule has 0 saturated heterocycles. The molecule has 6 N–H and O–H groups in total. The summed E-state index contributed by atoms with van der Waals surface area (Å²) in [7, 11) is 0. The summed E-state index contributed by atoms with van der Waals surface area (Å²) in [5.41, 5.74) is 0.251. The van der Waals surface area contributed by atoms with Crippen molar-refractivity contribution in [3.8, 4) is 23.0 Å². The molecule has 0 aliphatic heterocycles. The number of hydrazone groups is 2. The quantitative estimate of drug-likeness (QED) is 0.0207. The molecule has 82 heavy (non-hydrogen) atoms. The van der Waals surface area contributed by atoms with Crippen LogP contribution in [0.15, 0.2) is 144 Å². The first kappa shape index (κ1) is 61.0. The van der Waals surface area contributed by atoms with Gasteiger partial charge in [0.05, 0.1) is 54.6 Å². The van der Waals surface area contributed by atoms with Crippen molar-refractivity contribution in [1.82, 2.24) is 0 Å². The molecular weight excluding hydrogens is 1190 g/mol. The number of hydrogen-bond donors (Lipinski definition) is 6. The number of anilines is 6. The van der Waals surface area contributed by atoms with E-state index in [1.165, 1.54) is 91.9 Å². The lowest BCUT2D eigenvalue weighted by molar-refractivity contribution is -0.138. The van der Waals surface area contributed by atoms with Gasteiger partial charge in [-0.3, -0.25) is 39.6 Å². The van der Waals surface area contributed by atoms with Gasteiger partial charge in [0.15, 0.2) is 34.5 Å². The Balaban J connectivity index is 1.02. The van der Waals surface area contributed by atoms with E-state index in [1.807, 2.05) is 0 Å². The Morgan fingerprint density at radius 3 is 1.20 bits per heavy atom. The first-order valence-electron chi connectivity index (χ1n) is 23.3. The number of carbonyl (C=O) groups is 6. The number of benzene rings is 7. The van der Waals surface area contributed by atoms with Crippen LogP contribution in [0.3, 0.4) is 0 Å². The van der Waals surface area contributed by atoms with Crippen LogP contribution in [0.5, 0.6) is 23.0 Å². The van der Waals surface area contributed by atoms with Gasteiger partial charge in [0.25, 0.3) is 23.6 Å². The van der Waals surface area contributed by atoms with E-state index in [0.717, 1.165) is 50.2 Å². The summed E-state index contributed by atoms with van der Waals surface area (Å²) in [6, 6.07) is 26.6. The predicted molar refractivity (Wildman–Crippen MR) is 302 cm³/mol. The van der Waals surface area contributed by atoms with Crippen LogP contribution in [0.2, 0.25) is 25.1 Å². The molecule has 4 amide bonds. The lowest BCUT2D eigenvalue weighted by atomic mass is 10.1. The number of ether oxygens (including phenoxy) is 2. The molecule has 16 nitrogen and oxygen atoms in total. The molecule has 0 aromatic heterocycles. The molecule has 0 heterocycles. The SMILES string of the molecule is CC(=O)/C(=N\Nc1cc(C(=O)Nc2cc(C(F)(F)F)ccc2Oc2ccc(Cl)cc2)ccc1Cl)C(=O)Nc1cc(Cl)c(NC(=O)/C(=N/Nc2cc(C(=O)Nc3cc(C(F)(F)F)ccc3Oc3ccc(Cl)cc3)ccc2Cl)C(C)=O)cc1C. The molecule has 7 aromatic rings. The maximum Gasteiger partial charge on any atom is 0.416 e. The Morgan fingerprint density at radius 2 is 0.817 bits per heavy atom. The largest absolute Gasteiger partial charge is 0.455 e. The van der Waals surface area contributed by atoms with Gasteiger partial charge < -0.3 is 30.7 Å². The summed E-state index contributed by atoms with van der Waals surface area (Å²) in [5, 5.41) is 18.0. The highest BCUT2D eigenvalue weighted by atomic mass is 35.5. The average Bonchev–Trinajstić information content (AvgIpc) is 3.61. The van der Waals surface area contributed by atoms with Gasteiger partial charge in [-0.2, -0.15) is 36.5 Å². The van der Waals surface area contributed by atoms with Gasteiger partial charge in [-0.1, -0.05) is 58.0 Å². The minimum absolute atomic E-state index is 0.0201. The summed E-state index contributed by atoms with van der Waals surface area (Å²) >= 11 is 31.1. The van der Waals surface area contributed by atoms with Crippen molar-refractivity contribution in [2.24, 2.45) is 10.2 Å². The Kier molecular flexibility index (Phi) is 19.2. The molecule has 0 spiro atoms. The second-order valence-electron chi connectivity index (χ2n) is 17.1. The number of carbonyl (C=O) groups excluding carboxylic acids is 6. The molecule has 422 valence electrons. The number of aryl methyl sites for hydroxylation is 1. The van der Waals surface area contributed by atoms with E-state index >= 15 is 0 Å². The number of hydrogen-bond acceptors (Lipinski definition) is 12. The van der Waals surface area contributed by atoms with E-state index in [1.54, 1.807) is 0 Å². The lowest BCUT2D eigenvalue weighted by Crippen LogP contribution is -2.30. The molecule has 0 saturated carbocycles. The molecule has 7 rings (SSSR count). The van der Waals surface area contributed by atoms with Gasteiger partial charge in [-0.15, -0.1) is 0 Å². The van der Waals surface area contributed by atoms with Crippen molar-refractivity contribution in [1.29, 1.82) is 0 Å². The van der Waals surface area contributed by atoms with Crippen molar-refractivity contribution < 1.29 is 64.6 Å². The molecule has 0 fully saturated rings. The van der Waals surface area contributed by atoms with Gasteiger partial charge in [0.2, 0.25) is 0 Å². The molecule has 7 aromatic carbocycles. The van der Waals surface area contributed by atoms with Crippen LogP contribution in [-0.2, 0) is 31.5 Å². The van der Waals surface area contributed by atoms with Crippen LogP contribution in [0.4, 0.5) is 60.5 Å². The van der Waals surface area contributed by atoms with Crippen molar-refractivity contribution in [3.63, 3.8) is 0 Å². The lowest BCUT2D eigenvalue weighted by Gasteiger charge is -2.16. The van der Waals surface area contributed by atoms with E-state index in [2.05, 4.69) is 42.3 Å². The zero-order valence-corrected chi connectivity index (χ0v) is 45.8. The number of halogens is 11. The monoisotopic (exact) mass is 1230 g/mol. The molecular formula is C55H37Cl5F6N8O8. The number of nitrogens with one attached hydrogen (secondary N) is 6. The highest BCUT2D eigenvalue weighted by molar-refractivity contribution is 6.68. The summed E-state index contributed by atoms with van der Waals surface area (Å²) in [6.45, 7) is 3.52. The third-order valence-corrected chi connectivity index (χ3v) is 12.6. The fourth-order valence-electron chi connectivity index (χ4n) is 7.02. The summed E-state index contributed by atoms with van der Waals surface area (Å²) < 4.78 is 93.9. The van der Waals surface area contributed by atoms with Gasteiger partial charge in [0, 0.05) is 40.7 Å². The second kappa shape index (κ2) is 25.8. The number of alkyl halides is 6. The van der Waals surface area contributed by atoms with Gasteiger partial charge in [-0.25, -0.2) is 0 Å². The van der Waals surface area contributed by atoms with Crippen molar-refractivity contribution in [2.45, 2.75) is 33.1 Å². The van der Waals surface area contributed by atoms with Gasteiger partial charge in [-0.05, 0) is 146 Å². The zero-order valence-electron chi connectivity index (χ0n) is 42.0. The van der Waals surface area contributed by atoms with E-state index in [4.69, 9.17) is 67.5 Å². The summed E-state index contributed by atoms with van der Waals surface area (Å²) in [4.78, 5) is 79.6. The van der Waals surface area contributed by atoms with Crippen LogP contribution in [0.25, 0.3) is 0 Å². The fraction of sp³-hybridized carbons (Fsp3) is 0.0909. The van der Waals surface area contributed by atoms with Crippen LogP contribution in [-0.4, -0.2) is 46.6 Å². The Morgan fingerprint density at radius 1 is 0.427 bits per heavy atom. The molecule has 27 heteroatoms. The van der Waals surface area contributed by atoms with E-state index in [9.17, 15) is 55.1 Å². The van der Waals surface area contributed by atoms with Crippen LogP contribution in [0, 0.1) is 6.92 Å². The van der Waals surface area contributed by atoms with Crippen molar-refractivity contribution in [2.75, 3.05) is 32.1 Å². The molecule has 0 bridgehead atoms. The highest BCUT2D eigenvalue weighted by Crippen LogP contribution is 2.40. The number of Topliss-reactive ketones (excluding diaryl/α,β-unsaturated/α-hetero) is 2. The molecule has 0 unspecified atom stereocenters. The minimum Gasteiger partial charge on any atom is -0.455 e. The Hall–Kier alpha value is -8.67. The molecule has 0 aliphatic carbocycles. The van der Waals surface area contributed by atoms with Crippen molar-refractivity contribution in [3.05, 3.63) is 186 Å². The Bertz CT molecular complexity index is 3510. The summed E-state index contributed by atoms with van der Waals surface area (Å²) in [5.74, 6) is -5.61. The average molecular weight is 1230 g/mol. The van der Waals surface area contributed by atoms with Crippen LogP contribution >= 0.6 is 58.0 Å². The normalized spacial score (nSPS) is 11.7. The smallest absolute Gasteiger partial charge is 0.416 e. The van der Waals surface area contributed by atoms with Crippen LogP contribution < -0.4 is 41.6 Å². The predicted octanol–water partition coefficient (Wildman–Crippen LogP) is 15.4. The third-order valence-electron chi connectivity index (χ3n) is 11.1. The molecule has 0 radical (unpaired) electrons. The maximum atomic E-state index is 13.7. The number of amides is 4. The zero-order chi connectivity index (χ0) is 59.8. The maximum absolute atomic E-state index is 13.7. The topological polar surface area (TPSA) is 218 Å². The van der Waals surface area contributed by atoms with Crippen molar-refractivity contribution >= 4 is 139 Å². The van der Waals surface area contributed by atoms with Gasteiger partial charge >= 0.3 is 12.4 Å². The minimum atomic E-state index is -4.78. The first-order valence-corrected chi connectivity index (χ1v) is 25.2. The van der Waals surface area contributed by atoms with E-state index < -0.39 is 70.1 Å². The number of nitrogens with zero attached hydrogens (tertiary/aromatic N) is 2. The van der Waals surface area contributed by atoms with Crippen LogP contribution in [0.1, 0.15) is 51.3 Å².